The minimum Gasteiger partial charge on any atom is -0.355 e. The first kappa shape index (κ1) is 15.3. The van der Waals surface area contributed by atoms with Gasteiger partial charge in [0.25, 0.3) is 5.56 Å². The van der Waals surface area contributed by atoms with Gasteiger partial charge in [-0.15, -0.1) is 0 Å². The third-order valence-electron chi connectivity index (χ3n) is 5.44. The molecule has 7 nitrogen and oxygen atoms in total. The number of aromatic nitrogens is 5. The molecule has 0 radical (unpaired) electrons. The maximum atomic E-state index is 13.0. The molecule has 0 aliphatic carbocycles. The standard InChI is InChI=1S/C19H20N6O/c1-12-20-5-4-17(23-12)24-9-13-8-14(11-24)16-3-2-15(18-21-6-7-22-18)19(26)25(16)10-13/h2-7,13-14H,8-11H2,1H3,(H,21,22)/t13-,14+/m0/s1. The topological polar surface area (TPSA) is 79.7 Å². The second-order valence-electron chi connectivity index (χ2n) is 7.19. The van der Waals surface area contributed by atoms with E-state index in [0.29, 0.717) is 23.2 Å². The van der Waals surface area contributed by atoms with E-state index in [1.165, 1.54) is 0 Å². The third kappa shape index (κ3) is 2.42. The second-order valence-corrected chi connectivity index (χ2v) is 7.19. The lowest BCUT2D eigenvalue weighted by Gasteiger charge is -2.43. The lowest BCUT2D eigenvalue weighted by Crippen LogP contribution is -2.47. The van der Waals surface area contributed by atoms with E-state index >= 15 is 0 Å². The van der Waals surface area contributed by atoms with Crippen LogP contribution in [0.5, 0.6) is 0 Å². The van der Waals surface area contributed by atoms with Crippen LogP contribution in [0, 0.1) is 12.8 Å². The second kappa shape index (κ2) is 5.79. The number of aromatic amines is 1. The summed E-state index contributed by atoms with van der Waals surface area (Å²) in [6, 6.07) is 5.97. The average Bonchev–Trinajstić information content (AvgIpc) is 3.17. The number of imidazole rings is 1. The van der Waals surface area contributed by atoms with Gasteiger partial charge in [-0.05, 0) is 37.5 Å². The molecule has 5 rings (SSSR count). The summed E-state index contributed by atoms with van der Waals surface area (Å²) < 4.78 is 1.96. The highest BCUT2D eigenvalue weighted by Gasteiger charge is 2.35. The van der Waals surface area contributed by atoms with Crippen molar-refractivity contribution >= 4 is 5.82 Å². The van der Waals surface area contributed by atoms with E-state index in [9.17, 15) is 4.79 Å². The maximum absolute atomic E-state index is 13.0. The van der Waals surface area contributed by atoms with E-state index in [0.717, 1.165) is 43.4 Å². The number of anilines is 1. The van der Waals surface area contributed by atoms with Gasteiger partial charge in [-0.3, -0.25) is 4.79 Å². The Morgan fingerprint density at radius 2 is 2.04 bits per heavy atom. The maximum Gasteiger partial charge on any atom is 0.261 e. The fraction of sp³-hybridized carbons (Fsp3) is 0.368. The van der Waals surface area contributed by atoms with Crippen LogP contribution in [0.15, 0.2) is 41.6 Å². The zero-order chi connectivity index (χ0) is 17.7. The smallest absolute Gasteiger partial charge is 0.261 e. The molecule has 2 aliphatic rings. The fourth-order valence-corrected chi connectivity index (χ4v) is 4.35. The van der Waals surface area contributed by atoms with E-state index in [4.69, 9.17) is 0 Å². The summed E-state index contributed by atoms with van der Waals surface area (Å²) in [4.78, 5) is 31.4. The van der Waals surface area contributed by atoms with Gasteiger partial charge >= 0.3 is 0 Å². The predicted octanol–water partition coefficient (Wildman–Crippen LogP) is 1.96. The molecule has 0 spiro atoms. The number of nitrogens with zero attached hydrogens (tertiary/aromatic N) is 5. The summed E-state index contributed by atoms with van der Waals surface area (Å²) in [5.74, 6) is 3.20. The number of hydrogen-bond donors (Lipinski definition) is 1. The molecule has 132 valence electrons. The Morgan fingerprint density at radius 3 is 2.85 bits per heavy atom. The molecule has 1 saturated heterocycles. The van der Waals surface area contributed by atoms with Gasteiger partial charge in [0.1, 0.15) is 17.5 Å². The first-order chi connectivity index (χ1) is 12.7. The number of piperidine rings is 1. The SMILES string of the molecule is Cc1nccc(N2C[C@@H]3C[C@H](C2)c2ccc(-c4ncc[nH]4)c(=O)n2C3)n1. The molecule has 0 unspecified atom stereocenters. The zero-order valence-electron chi connectivity index (χ0n) is 14.6. The highest BCUT2D eigenvalue weighted by molar-refractivity contribution is 5.54. The van der Waals surface area contributed by atoms with Crippen molar-refractivity contribution in [2.24, 2.45) is 5.92 Å². The Hall–Kier alpha value is -2.96. The number of rotatable bonds is 2. The van der Waals surface area contributed by atoms with Gasteiger partial charge in [-0.1, -0.05) is 0 Å². The monoisotopic (exact) mass is 348 g/mol. The van der Waals surface area contributed by atoms with Crippen molar-refractivity contribution in [3.63, 3.8) is 0 Å². The Labute approximate surface area is 150 Å². The fourth-order valence-electron chi connectivity index (χ4n) is 4.35. The van der Waals surface area contributed by atoms with E-state index in [1.807, 2.05) is 29.8 Å². The predicted molar refractivity (Wildman–Crippen MR) is 98.1 cm³/mol. The van der Waals surface area contributed by atoms with Gasteiger partial charge in [0.15, 0.2) is 0 Å². The van der Waals surface area contributed by atoms with Crippen LogP contribution in [0.3, 0.4) is 0 Å². The molecule has 2 bridgehead atoms. The highest BCUT2D eigenvalue weighted by Crippen LogP contribution is 2.36. The molecule has 0 amide bonds. The van der Waals surface area contributed by atoms with Crippen molar-refractivity contribution in [2.75, 3.05) is 18.0 Å². The van der Waals surface area contributed by atoms with Crippen LogP contribution in [0.2, 0.25) is 0 Å². The van der Waals surface area contributed by atoms with Gasteiger partial charge in [0.2, 0.25) is 0 Å². The quantitative estimate of drug-likeness (QED) is 0.766. The van der Waals surface area contributed by atoms with Crippen LogP contribution < -0.4 is 10.5 Å². The van der Waals surface area contributed by atoms with Crippen LogP contribution >= 0.6 is 0 Å². The number of nitrogens with one attached hydrogen (secondary N) is 1. The zero-order valence-corrected chi connectivity index (χ0v) is 14.6. The molecule has 5 heterocycles. The molecular weight excluding hydrogens is 328 g/mol. The van der Waals surface area contributed by atoms with Crippen molar-refractivity contribution in [3.8, 4) is 11.4 Å². The number of pyridine rings is 1. The van der Waals surface area contributed by atoms with Gasteiger partial charge in [0, 0.05) is 49.8 Å². The molecule has 3 aromatic heterocycles. The van der Waals surface area contributed by atoms with Crippen LogP contribution in [0.4, 0.5) is 5.82 Å². The lowest BCUT2D eigenvalue weighted by molar-refractivity contribution is 0.281. The summed E-state index contributed by atoms with van der Waals surface area (Å²) in [6.07, 6.45) is 6.36. The van der Waals surface area contributed by atoms with Crippen LogP contribution in [-0.2, 0) is 6.54 Å². The molecule has 2 aliphatic heterocycles. The third-order valence-corrected chi connectivity index (χ3v) is 5.44. The minimum absolute atomic E-state index is 0.0541. The molecular formula is C19H20N6O. The molecule has 7 heteroatoms. The molecule has 26 heavy (non-hydrogen) atoms. The summed E-state index contributed by atoms with van der Waals surface area (Å²) in [5.41, 5.74) is 1.82. The van der Waals surface area contributed by atoms with Gasteiger partial charge in [0.05, 0.1) is 5.56 Å². The average molecular weight is 348 g/mol. The molecule has 0 aromatic carbocycles. The molecule has 1 fully saturated rings. The Bertz CT molecular complexity index is 1010. The van der Waals surface area contributed by atoms with Crippen LogP contribution in [-0.4, -0.2) is 37.6 Å². The van der Waals surface area contributed by atoms with E-state index in [-0.39, 0.29) is 5.56 Å². The van der Waals surface area contributed by atoms with Crippen molar-refractivity contribution in [2.45, 2.75) is 25.8 Å². The van der Waals surface area contributed by atoms with Crippen molar-refractivity contribution in [1.82, 2.24) is 24.5 Å². The Kier molecular flexibility index (Phi) is 3.41. The van der Waals surface area contributed by atoms with Gasteiger partial charge in [-0.2, -0.15) is 0 Å². The normalized spacial score (nSPS) is 21.5. The summed E-state index contributed by atoms with van der Waals surface area (Å²) in [6.45, 7) is 4.47. The van der Waals surface area contributed by atoms with Crippen LogP contribution in [0.1, 0.15) is 23.9 Å². The van der Waals surface area contributed by atoms with Crippen molar-refractivity contribution < 1.29 is 0 Å². The number of aryl methyl sites for hydroxylation is 1. The summed E-state index contributed by atoms with van der Waals surface area (Å²) >= 11 is 0. The minimum atomic E-state index is 0.0541. The Morgan fingerprint density at radius 1 is 1.12 bits per heavy atom. The number of H-pyrrole nitrogens is 1. The molecule has 0 saturated carbocycles. The number of fused-ring (bicyclic) bond motifs is 4. The highest BCUT2D eigenvalue weighted by atomic mass is 16.1. The van der Waals surface area contributed by atoms with E-state index in [2.05, 4.69) is 30.9 Å². The first-order valence-corrected chi connectivity index (χ1v) is 8.97. The Balaban J connectivity index is 1.51. The first-order valence-electron chi connectivity index (χ1n) is 8.97. The van der Waals surface area contributed by atoms with E-state index in [1.54, 1.807) is 12.4 Å². The van der Waals surface area contributed by atoms with E-state index < -0.39 is 0 Å². The lowest BCUT2D eigenvalue weighted by atomic mass is 9.83. The summed E-state index contributed by atoms with van der Waals surface area (Å²) in [5, 5.41) is 0. The van der Waals surface area contributed by atoms with Crippen molar-refractivity contribution in [3.05, 3.63) is 58.7 Å². The number of hydrogen-bond acceptors (Lipinski definition) is 5. The van der Waals surface area contributed by atoms with Crippen molar-refractivity contribution in [1.29, 1.82) is 0 Å². The molecule has 3 aromatic rings. The van der Waals surface area contributed by atoms with Gasteiger partial charge < -0.3 is 14.5 Å². The molecule has 2 atom stereocenters. The molecule has 1 N–H and O–H groups in total. The summed E-state index contributed by atoms with van der Waals surface area (Å²) in [7, 11) is 0. The van der Waals surface area contributed by atoms with Gasteiger partial charge in [-0.25, -0.2) is 15.0 Å². The van der Waals surface area contributed by atoms with Crippen LogP contribution in [0.25, 0.3) is 11.4 Å². The largest absolute Gasteiger partial charge is 0.355 e.